The highest BCUT2D eigenvalue weighted by molar-refractivity contribution is 9.10. The van der Waals surface area contributed by atoms with E-state index in [0.29, 0.717) is 28.0 Å². The number of benzene rings is 1. The fourth-order valence-electron chi connectivity index (χ4n) is 2.45. The second kappa shape index (κ2) is 8.55. The Morgan fingerprint density at radius 1 is 1.19 bits per heavy atom. The number of hydrogen-bond acceptors (Lipinski definition) is 5. The molecule has 0 unspecified atom stereocenters. The van der Waals surface area contributed by atoms with Crippen molar-refractivity contribution < 1.29 is 9.21 Å². The molecule has 8 heteroatoms. The van der Waals surface area contributed by atoms with Crippen LogP contribution in [0.3, 0.4) is 0 Å². The maximum atomic E-state index is 12.2. The molecule has 0 saturated carbocycles. The fraction of sp³-hybridized carbons (Fsp3) is 0.278. The van der Waals surface area contributed by atoms with E-state index >= 15 is 0 Å². The van der Waals surface area contributed by atoms with Gasteiger partial charge in [0.05, 0.1) is 5.75 Å². The Balaban J connectivity index is 1.63. The maximum Gasteiger partial charge on any atom is 0.234 e. The third-order valence-electron chi connectivity index (χ3n) is 3.80. The number of amides is 1. The molecule has 0 aliphatic heterocycles. The van der Waals surface area contributed by atoms with Crippen LogP contribution >= 0.6 is 27.7 Å². The van der Waals surface area contributed by atoms with Gasteiger partial charge in [0.2, 0.25) is 11.7 Å². The van der Waals surface area contributed by atoms with E-state index < -0.39 is 0 Å². The van der Waals surface area contributed by atoms with Crippen LogP contribution in [0.15, 0.2) is 50.6 Å². The van der Waals surface area contributed by atoms with Crippen LogP contribution in [0.1, 0.15) is 19.4 Å². The molecule has 0 atom stereocenters. The van der Waals surface area contributed by atoms with Crippen LogP contribution in [-0.4, -0.2) is 26.4 Å². The molecule has 0 aliphatic carbocycles. The van der Waals surface area contributed by atoms with Crippen molar-refractivity contribution in [3.05, 3.63) is 46.6 Å². The molecule has 0 bridgehead atoms. The standard InChI is InChI=1S/C18H19BrN4O2S/c1-3-12-5-7-13(8-6-12)20-16(24)11-26-18-22-21-17(23(18)4-2)14-9-10-15(19)25-14/h5-10H,3-4,11H2,1-2H3,(H,20,24). The number of furan rings is 1. The number of aromatic nitrogens is 3. The Morgan fingerprint density at radius 2 is 1.96 bits per heavy atom. The summed E-state index contributed by atoms with van der Waals surface area (Å²) in [7, 11) is 0. The van der Waals surface area contributed by atoms with Crippen molar-refractivity contribution in [1.82, 2.24) is 14.8 Å². The van der Waals surface area contributed by atoms with E-state index in [1.807, 2.05) is 47.9 Å². The van der Waals surface area contributed by atoms with Crippen molar-refractivity contribution >= 4 is 39.3 Å². The number of carbonyl (C=O) groups is 1. The maximum absolute atomic E-state index is 12.2. The van der Waals surface area contributed by atoms with Crippen LogP contribution in [0.4, 0.5) is 5.69 Å². The summed E-state index contributed by atoms with van der Waals surface area (Å²) in [6.45, 7) is 4.79. The zero-order valence-electron chi connectivity index (χ0n) is 14.5. The van der Waals surface area contributed by atoms with E-state index in [0.717, 1.165) is 12.1 Å². The van der Waals surface area contributed by atoms with Crippen molar-refractivity contribution in [1.29, 1.82) is 0 Å². The number of thioether (sulfide) groups is 1. The lowest BCUT2D eigenvalue weighted by atomic mass is 10.1. The van der Waals surface area contributed by atoms with Crippen LogP contribution in [-0.2, 0) is 17.8 Å². The van der Waals surface area contributed by atoms with E-state index in [-0.39, 0.29) is 11.7 Å². The minimum atomic E-state index is -0.0767. The Morgan fingerprint density at radius 3 is 2.58 bits per heavy atom. The van der Waals surface area contributed by atoms with Gasteiger partial charge < -0.3 is 9.73 Å². The third kappa shape index (κ3) is 4.37. The highest BCUT2D eigenvalue weighted by atomic mass is 79.9. The Labute approximate surface area is 164 Å². The molecular weight excluding hydrogens is 416 g/mol. The first-order valence-corrected chi connectivity index (χ1v) is 10.1. The fourth-order valence-corrected chi connectivity index (χ4v) is 3.56. The minimum Gasteiger partial charge on any atom is -0.446 e. The van der Waals surface area contributed by atoms with Gasteiger partial charge >= 0.3 is 0 Å². The van der Waals surface area contributed by atoms with Gasteiger partial charge in [-0.2, -0.15) is 0 Å². The van der Waals surface area contributed by atoms with Gasteiger partial charge in [-0.25, -0.2) is 0 Å². The molecule has 136 valence electrons. The SMILES string of the molecule is CCc1ccc(NC(=O)CSc2nnc(-c3ccc(Br)o3)n2CC)cc1. The summed E-state index contributed by atoms with van der Waals surface area (Å²) >= 11 is 4.64. The quantitative estimate of drug-likeness (QED) is 0.549. The molecule has 1 N–H and O–H groups in total. The summed E-state index contributed by atoms with van der Waals surface area (Å²) in [6, 6.07) is 11.5. The number of carbonyl (C=O) groups excluding carboxylic acids is 1. The molecule has 0 aliphatic rings. The van der Waals surface area contributed by atoms with E-state index in [1.165, 1.54) is 17.3 Å². The first-order chi connectivity index (χ1) is 12.6. The molecule has 0 radical (unpaired) electrons. The average molecular weight is 435 g/mol. The lowest BCUT2D eigenvalue weighted by Gasteiger charge is -2.07. The van der Waals surface area contributed by atoms with Crippen molar-refractivity contribution in [3.8, 4) is 11.6 Å². The highest BCUT2D eigenvalue weighted by Crippen LogP contribution is 2.27. The van der Waals surface area contributed by atoms with Crippen molar-refractivity contribution in [2.45, 2.75) is 32.0 Å². The average Bonchev–Trinajstić information content (AvgIpc) is 3.26. The summed E-state index contributed by atoms with van der Waals surface area (Å²) in [5, 5.41) is 12.0. The van der Waals surface area contributed by atoms with Crippen molar-refractivity contribution in [3.63, 3.8) is 0 Å². The smallest absolute Gasteiger partial charge is 0.234 e. The predicted molar refractivity (Wildman–Crippen MR) is 106 cm³/mol. The molecular formula is C18H19BrN4O2S. The number of rotatable bonds is 7. The molecule has 2 heterocycles. The minimum absolute atomic E-state index is 0.0767. The zero-order valence-corrected chi connectivity index (χ0v) is 16.9. The molecule has 0 fully saturated rings. The molecule has 6 nitrogen and oxygen atoms in total. The van der Waals surface area contributed by atoms with E-state index in [1.54, 1.807) is 0 Å². The van der Waals surface area contributed by atoms with Gasteiger partial charge in [0, 0.05) is 12.2 Å². The third-order valence-corrected chi connectivity index (χ3v) is 5.20. The number of nitrogens with one attached hydrogen (secondary N) is 1. The monoisotopic (exact) mass is 434 g/mol. The summed E-state index contributed by atoms with van der Waals surface area (Å²) in [5.41, 5.74) is 2.04. The van der Waals surface area contributed by atoms with Crippen LogP contribution in [0.25, 0.3) is 11.6 Å². The molecule has 1 aromatic carbocycles. The zero-order chi connectivity index (χ0) is 18.5. The molecule has 0 spiro atoms. The van der Waals surface area contributed by atoms with Gasteiger partial charge in [0.1, 0.15) is 0 Å². The Bertz CT molecular complexity index is 889. The molecule has 2 aromatic heterocycles. The number of halogens is 1. The summed E-state index contributed by atoms with van der Waals surface area (Å²) in [6.07, 6.45) is 0.978. The molecule has 3 aromatic rings. The van der Waals surface area contributed by atoms with Gasteiger partial charge in [-0.3, -0.25) is 9.36 Å². The Kier molecular flexibility index (Phi) is 6.16. The van der Waals surface area contributed by atoms with Gasteiger partial charge in [0.15, 0.2) is 15.6 Å². The van der Waals surface area contributed by atoms with Crippen LogP contribution < -0.4 is 5.32 Å². The van der Waals surface area contributed by atoms with Crippen LogP contribution in [0.5, 0.6) is 0 Å². The number of hydrogen-bond donors (Lipinski definition) is 1. The summed E-state index contributed by atoms with van der Waals surface area (Å²) in [5.74, 6) is 1.47. The normalized spacial score (nSPS) is 10.9. The molecule has 3 rings (SSSR count). The molecule has 1 amide bonds. The van der Waals surface area contributed by atoms with E-state index in [9.17, 15) is 4.79 Å². The number of nitrogens with zero attached hydrogens (tertiary/aromatic N) is 3. The van der Waals surface area contributed by atoms with Gasteiger partial charge in [-0.1, -0.05) is 30.8 Å². The second-order valence-electron chi connectivity index (χ2n) is 5.54. The van der Waals surface area contributed by atoms with Crippen LogP contribution in [0.2, 0.25) is 0 Å². The molecule has 0 saturated heterocycles. The highest BCUT2D eigenvalue weighted by Gasteiger charge is 2.17. The van der Waals surface area contributed by atoms with E-state index in [2.05, 4.69) is 38.4 Å². The van der Waals surface area contributed by atoms with Crippen molar-refractivity contribution in [2.75, 3.05) is 11.1 Å². The lowest BCUT2D eigenvalue weighted by molar-refractivity contribution is -0.113. The van der Waals surface area contributed by atoms with Crippen molar-refractivity contribution in [2.24, 2.45) is 0 Å². The summed E-state index contributed by atoms with van der Waals surface area (Å²) < 4.78 is 8.12. The first kappa shape index (κ1) is 18.7. The topological polar surface area (TPSA) is 73.0 Å². The van der Waals surface area contributed by atoms with Crippen LogP contribution in [0, 0.1) is 0 Å². The second-order valence-corrected chi connectivity index (χ2v) is 7.27. The summed E-state index contributed by atoms with van der Waals surface area (Å²) in [4.78, 5) is 12.2. The van der Waals surface area contributed by atoms with Gasteiger partial charge in [-0.05, 0) is 59.1 Å². The molecule has 26 heavy (non-hydrogen) atoms. The number of aryl methyl sites for hydroxylation is 1. The van der Waals surface area contributed by atoms with Gasteiger partial charge in [0.25, 0.3) is 0 Å². The largest absolute Gasteiger partial charge is 0.446 e. The Hall–Kier alpha value is -2.06. The van der Waals surface area contributed by atoms with E-state index in [4.69, 9.17) is 4.42 Å². The lowest BCUT2D eigenvalue weighted by Crippen LogP contribution is -2.14. The first-order valence-electron chi connectivity index (χ1n) is 8.31. The predicted octanol–water partition coefficient (Wildman–Crippen LogP) is 4.61. The number of anilines is 1. The van der Waals surface area contributed by atoms with Gasteiger partial charge in [-0.15, -0.1) is 10.2 Å².